The van der Waals surface area contributed by atoms with Crippen molar-refractivity contribution in [2.45, 2.75) is 30.3 Å². The molecule has 0 spiro atoms. The van der Waals surface area contributed by atoms with Crippen molar-refractivity contribution in [3.63, 3.8) is 0 Å². The number of sulfone groups is 1. The summed E-state index contributed by atoms with van der Waals surface area (Å²) < 4.78 is 22.9. The Hall–Kier alpha value is -1.89. The van der Waals surface area contributed by atoms with Gasteiger partial charge in [-0.25, -0.2) is 8.42 Å². The van der Waals surface area contributed by atoms with Crippen LogP contribution in [0.2, 0.25) is 0 Å². The summed E-state index contributed by atoms with van der Waals surface area (Å²) in [6, 6.07) is 15.4. The van der Waals surface area contributed by atoms with Crippen LogP contribution in [0.4, 0.5) is 0 Å². The minimum Gasteiger partial charge on any atom is -0.350 e. The molecular weight excluding hydrogens is 360 g/mol. The summed E-state index contributed by atoms with van der Waals surface area (Å²) in [5.74, 6) is -0.147. The smallest absolute Gasteiger partial charge is 0.222 e. The Bertz CT molecular complexity index is 793. The van der Waals surface area contributed by atoms with Gasteiger partial charge in [0.05, 0.1) is 10.9 Å². The summed E-state index contributed by atoms with van der Waals surface area (Å²) in [7, 11) is -3.22. The number of hydrogen-bond donors (Lipinski definition) is 2. The standard InChI is InChI=1S/C18H22N2O3S.ClH/c1-13(14-8-10-16(11-9-14)24(2,22)23)20-18(21)12-17(19)15-6-4-3-5-7-15;/h3-11,13,17H,12,19H2,1-2H3,(H,20,21);1H. The Morgan fingerprint density at radius 2 is 1.60 bits per heavy atom. The summed E-state index contributed by atoms with van der Waals surface area (Å²) >= 11 is 0. The van der Waals surface area contributed by atoms with E-state index in [1.54, 1.807) is 24.3 Å². The molecule has 0 heterocycles. The van der Waals surface area contributed by atoms with E-state index < -0.39 is 9.84 Å². The minimum absolute atomic E-state index is 0. The molecule has 3 N–H and O–H groups in total. The predicted molar refractivity (Wildman–Crippen MR) is 101 cm³/mol. The first-order valence-electron chi connectivity index (χ1n) is 7.67. The zero-order valence-electron chi connectivity index (χ0n) is 14.2. The van der Waals surface area contributed by atoms with E-state index in [-0.39, 0.29) is 41.7 Å². The SMILES string of the molecule is CC(NC(=O)CC(N)c1ccccc1)c1ccc(S(C)(=O)=O)cc1.Cl. The second-order valence-electron chi connectivity index (χ2n) is 5.85. The third-order valence-corrected chi connectivity index (χ3v) is 4.95. The number of nitrogens with two attached hydrogens (primary N) is 1. The average Bonchev–Trinajstić information content (AvgIpc) is 2.54. The summed E-state index contributed by atoms with van der Waals surface area (Å²) in [6.45, 7) is 1.85. The second-order valence-corrected chi connectivity index (χ2v) is 7.87. The zero-order chi connectivity index (χ0) is 17.7. The van der Waals surface area contributed by atoms with Crippen LogP contribution < -0.4 is 11.1 Å². The first kappa shape index (κ1) is 21.2. The molecule has 0 radical (unpaired) electrons. The Labute approximate surface area is 155 Å². The summed E-state index contributed by atoms with van der Waals surface area (Å²) in [4.78, 5) is 12.4. The molecule has 2 atom stereocenters. The third kappa shape index (κ3) is 6.16. The van der Waals surface area contributed by atoms with Crippen molar-refractivity contribution in [3.8, 4) is 0 Å². The second kappa shape index (κ2) is 8.99. The van der Waals surface area contributed by atoms with Crippen molar-refractivity contribution in [3.05, 3.63) is 65.7 Å². The minimum atomic E-state index is -3.22. The van der Waals surface area contributed by atoms with Gasteiger partial charge < -0.3 is 11.1 Å². The fourth-order valence-corrected chi connectivity index (χ4v) is 3.04. The molecule has 7 heteroatoms. The van der Waals surface area contributed by atoms with Crippen LogP contribution in [-0.4, -0.2) is 20.6 Å². The van der Waals surface area contributed by atoms with E-state index in [0.717, 1.165) is 17.4 Å². The molecular formula is C18H23ClN2O3S. The van der Waals surface area contributed by atoms with Gasteiger partial charge in [-0.05, 0) is 30.2 Å². The number of carbonyl (C=O) groups is 1. The average molecular weight is 383 g/mol. The van der Waals surface area contributed by atoms with E-state index in [4.69, 9.17) is 5.73 Å². The van der Waals surface area contributed by atoms with Gasteiger partial charge in [-0.3, -0.25) is 4.79 Å². The highest BCUT2D eigenvalue weighted by Crippen LogP contribution is 2.18. The van der Waals surface area contributed by atoms with Gasteiger partial charge in [0.1, 0.15) is 0 Å². The van der Waals surface area contributed by atoms with Crippen LogP contribution in [0, 0.1) is 0 Å². The van der Waals surface area contributed by atoms with Crippen LogP contribution in [0.15, 0.2) is 59.5 Å². The van der Waals surface area contributed by atoms with Crippen LogP contribution in [0.1, 0.15) is 36.6 Å². The molecule has 2 aromatic rings. The molecule has 2 aromatic carbocycles. The molecule has 0 saturated heterocycles. The van der Waals surface area contributed by atoms with Crippen LogP contribution in [0.25, 0.3) is 0 Å². The summed E-state index contributed by atoms with van der Waals surface area (Å²) in [5, 5.41) is 2.89. The number of nitrogens with one attached hydrogen (secondary N) is 1. The van der Waals surface area contributed by atoms with Crippen LogP contribution in [0.5, 0.6) is 0 Å². The van der Waals surface area contributed by atoms with Gasteiger partial charge in [-0.15, -0.1) is 12.4 Å². The molecule has 0 fully saturated rings. The van der Waals surface area contributed by atoms with Gasteiger partial charge in [0.15, 0.2) is 9.84 Å². The molecule has 5 nitrogen and oxygen atoms in total. The van der Waals surface area contributed by atoms with Crippen molar-refractivity contribution in [2.75, 3.05) is 6.26 Å². The third-order valence-electron chi connectivity index (χ3n) is 3.82. The van der Waals surface area contributed by atoms with Crippen LogP contribution in [0.3, 0.4) is 0 Å². The number of benzene rings is 2. The quantitative estimate of drug-likeness (QED) is 0.803. The molecule has 25 heavy (non-hydrogen) atoms. The van der Waals surface area contributed by atoms with Gasteiger partial charge in [0.2, 0.25) is 5.91 Å². The van der Waals surface area contributed by atoms with Crippen molar-refractivity contribution in [1.29, 1.82) is 0 Å². The number of hydrogen-bond acceptors (Lipinski definition) is 4. The number of rotatable bonds is 6. The number of amides is 1. The maximum atomic E-state index is 12.1. The van der Waals surface area contributed by atoms with E-state index in [1.165, 1.54) is 0 Å². The molecule has 0 aliphatic heterocycles. The fraction of sp³-hybridized carbons (Fsp3) is 0.278. The molecule has 136 valence electrons. The highest BCUT2D eigenvalue weighted by molar-refractivity contribution is 7.90. The first-order chi connectivity index (χ1) is 11.3. The van der Waals surface area contributed by atoms with Crippen LogP contribution >= 0.6 is 12.4 Å². The Morgan fingerprint density at radius 1 is 1.04 bits per heavy atom. The topological polar surface area (TPSA) is 89.3 Å². The maximum Gasteiger partial charge on any atom is 0.222 e. The Balaban J connectivity index is 0.00000312. The van der Waals surface area contributed by atoms with Crippen molar-refractivity contribution in [2.24, 2.45) is 5.73 Å². The lowest BCUT2D eigenvalue weighted by Crippen LogP contribution is -2.29. The first-order valence-corrected chi connectivity index (χ1v) is 9.56. The highest BCUT2D eigenvalue weighted by Gasteiger charge is 2.15. The molecule has 0 aliphatic rings. The van der Waals surface area contributed by atoms with E-state index in [1.807, 2.05) is 37.3 Å². The number of halogens is 1. The van der Waals surface area contributed by atoms with E-state index in [9.17, 15) is 13.2 Å². The lowest BCUT2D eigenvalue weighted by Gasteiger charge is -2.17. The van der Waals surface area contributed by atoms with E-state index in [0.29, 0.717) is 0 Å². The zero-order valence-corrected chi connectivity index (χ0v) is 15.8. The van der Waals surface area contributed by atoms with Gasteiger partial charge >= 0.3 is 0 Å². The van der Waals surface area contributed by atoms with E-state index >= 15 is 0 Å². The monoisotopic (exact) mass is 382 g/mol. The van der Waals surface area contributed by atoms with Gasteiger partial charge in [-0.1, -0.05) is 42.5 Å². The summed E-state index contributed by atoms with van der Waals surface area (Å²) in [6.07, 6.45) is 1.36. The molecule has 0 aromatic heterocycles. The van der Waals surface area contributed by atoms with Crippen molar-refractivity contribution in [1.82, 2.24) is 5.32 Å². The van der Waals surface area contributed by atoms with Crippen molar-refractivity contribution < 1.29 is 13.2 Å². The Morgan fingerprint density at radius 3 is 2.12 bits per heavy atom. The predicted octanol–water partition coefficient (Wildman–Crippen LogP) is 2.78. The largest absolute Gasteiger partial charge is 0.350 e. The fourth-order valence-electron chi connectivity index (χ4n) is 2.41. The molecule has 0 bridgehead atoms. The van der Waals surface area contributed by atoms with Gasteiger partial charge in [0.25, 0.3) is 0 Å². The maximum absolute atomic E-state index is 12.1. The molecule has 0 saturated carbocycles. The lowest BCUT2D eigenvalue weighted by molar-refractivity contribution is -0.122. The number of carbonyl (C=O) groups excluding carboxylic acids is 1. The molecule has 0 aliphatic carbocycles. The lowest BCUT2D eigenvalue weighted by atomic mass is 10.0. The van der Waals surface area contributed by atoms with Crippen molar-refractivity contribution >= 4 is 28.2 Å². The van der Waals surface area contributed by atoms with Crippen LogP contribution in [-0.2, 0) is 14.6 Å². The van der Waals surface area contributed by atoms with Gasteiger partial charge in [-0.2, -0.15) is 0 Å². The molecule has 1 amide bonds. The molecule has 2 unspecified atom stereocenters. The summed E-state index contributed by atoms with van der Waals surface area (Å²) in [5.41, 5.74) is 7.80. The normalized spacial score (nSPS) is 13.4. The Kier molecular flexibility index (Phi) is 7.60. The highest BCUT2D eigenvalue weighted by atomic mass is 35.5. The van der Waals surface area contributed by atoms with E-state index in [2.05, 4.69) is 5.32 Å². The van der Waals surface area contributed by atoms with Gasteiger partial charge in [0, 0.05) is 18.7 Å². The molecule has 2 rings (SSSR count).